The van der Waals surface area contributed by atoms with Crippen LogP contribution in [0.4, 0.5) is 13.2 Å². The minimum atomic E-state index is -5.19. The summed E-state index contributed by atoms with van der Waals surface area (Å²) in [4.78, 5) is 14.7. The average molecular weight is 196 g/mol. The highest BCUT2D eigenvalue weighted by Crippen LogP contribution is 2.11. The summed E-state index contributed by atoms with van der Waals surface area (Å²) in [5.74, 6) is -1.91. The van der Waals surface area contributed by atoms with E-state index in [2.05, 4.69) is 9.97 Å². The topological polar surface area (TPSA) is 70.1 Å². The number of aliphatic carboxylic acids is 1. The van der Waals surface area contributed by atoms with Gasteiger partial charge in [-0.15, -0.1) is 0 Å². The Balaban J connectivity index is 0.000000223. The Morgan fingerprint density at radius 1 is 1.62 bits per heavy atom. The molecule has 0 aromatic carbocycles. The first-order valence-corrected chi connectivity index (χ1v) is 3.14. The van der Waals surface area contributed by atoms with Crippen molar-refractivity contribution >= 4 is 5.97 Å². The molecule has 2 N–H and O–H groups in total. The van der Waals surface area contributed by atoms with Crippen molar-refractivity contribution in [1.29, 1.82) is 0 Å². The third-order valence-electron chi connectivity index (χ3n) is 0.914. The van der Waals surface area contributed by atoms with Gasteiger partial charge in [-0.1, -0.05) is 0 Å². The second kappa shape index (κ2) is 4.48. The van der Waals surface area contributed by atoms with Crippen molar-refractivity contribution < 1.29 is 28.1 Å². The Bertz CT molecular complexity index is 255. The largest absolute Gasteiger partial charge is 0.542 e. The van der Waals surface area contributed by atoms with Crippen molar-refractivity contribution in [1.82, 2.24) is 4.98 Å². The molecule has 0 atom stereocenters. The standard InChI is InChI=1S/C4H6N2.C2HF3O2/c1-4-5-2-3-6-4;3-2(4,5)1(6)7/h2-3H,1H3,(H,5,6);(H,6,7). The molecule has 0 fully saturated rings. The number of carbonyl (C=O) groups is 1. The SMILES string of the molecule is Cc1[nH]cc[nH+]1.O=C([O-])C(F)(F)F. The number of nitrogens with one attached hydrogen (secondary N) is 2. The molecule has 13 heavy (non-hydrogen) atoms. The molecule has 0 spiro atoms. The zero-order valence-electron chi connectivity index (χ0n) is 6.61. The van der Waals surface area contributed by atoms with Crippen LogP contribution in [0.5, 0.6) is 0 Å². The maximum atomic E-state index is 10.5. The molecule has 1 aromatic rings. The lowest BCUT2D eigenvalue weighted by Gasteiger charge is -2.03. The molecule has 1 rings (SSSR count). The van der Waals surface area contributed by atoms with Crippen LogP contribution in [0, 0.1) is 6.92 Å². The number of carbonyl (C=O) groups excluding carboxylic acids is 1. The van der Waals surface area contributed by atoms with E-state index in [1.807, 2.05) is 19.3 Å². The predicted octanol–water partition coefficient (Wildman–Crippen LogP) is -0.564. The van der Waals surface area contributed by atoms with Crippen LogP contribution in [0.25, 0.3) is 0 Å². The number of H-pyrrole nitrogens is 2. The van der Waals surface area contributed by atoms with E-state index in [9.17, 15) is 13.2 Å². The molecule has 1 aromatic heterocycles. The lowest BCUT2D eigenvalue weighted by atomic mass is 10.7. The third kappa shape index (κ3) is 5.71. The Morgan fingerprint density at radius 2 is 2.08 bits per heavy atom. The highest BCUT2D eigenvalue weighted by atomic mass is 19.4. The third-order valence-corrected chi connectivity index (χ3v) is 0.914. The normalized spacial score (nSPS) is 10.2. The molecule has 0 aliphatic rings. The molecule has 1 heterocycles. The highest BCUT2D eigenvalue weighted by molar-refractivity contribution is 5.70. The summed E-state index contributed by atoms with van der Waals surface area (Å²) in [6.45, 7) is 1.97. The van der Waals surface area contributed by atoms with E-state index in [0.717, 1.165) is 5.82 Å². The first-order chi connectivity index (χ1) is 5.84. The van der Waals surface area contributed by atoms with Crippen molar-refractivity contribution in [3.63, 3.8) is 0 Å². The van der Waals surface area contributed by atoms with Gasteiger partial charge in [0.05, 0.1) is 0 Å². The summed E-state index contributed by atoms with van der Waals surface area (Å²) >= 11 is 0. The summed E-state index contributed by atoms with van der Waals surface area (Å²) in [6, 6.07) is 0. The van der Waals surface area contributed by atoms with Crippen LogP contribution < -0.4 is 10.1 Å². The lowest BCUT2D eigenvalue weighted by Crippen LogP contribution is -2.37. The first-order valence-electron chi connectivity index (χ1n) is 3.14. The summed E-state index contributed by atoms with van der Waals surface area (Å²) in [6.07, 6.45) is -1.48. The average Bonchev–Trinajstić information content (AvgIpc) is 2.38. The fourth-order valence-electron chi connectivity index (χ4n) is 0.375. The number of rotatable bonds is 0. The number of halogens is 3. The number of carboxylic acid groups (broad SMARTS) is 1. The van der Waals surface area contributed by atoms with Crippen LogP contribution in [0.3, 0.4) is 0 Å². The Morgan fingerprint density at radius 3 is 2.15 bits per heavy atom. The molecule has 0 radical (unpaired) electrons. The molecule has 0 bridgehead atoms. The van der Waals surface area contributed by atoms with Crippen LogP contribution in [0.2, 0.25) is 0 Å². The Kier molecular flexibility index (Phi) is 3.96. The van der Waals surface area contributed by atoms with Gasteiger partial charge >= 0.3 is 6.18 Å². The van der Waals surface area contributed by atoms with E-state index in [4.69, 9.17) is 9.90 Å². The number of aryl methyl sites for hydroxylation is 1. The zero-order chi connectivity index (χ0) is 10.5. The molecule has 0 saturated carbocycles. The first kappa shape index (κ1) is 11.5. The molecule has 0 unspecified atom stereocenters. The van der Waals surface area contributed by atoms with Crippen LogP contribution >= 0.6 is 0 Å². The molecule has 7 heteroatoms. The van der Waals surface area contributed by atoms with E-state index in [0.29, 0.717) is 0 Å². The van der Waals surface area contributed by atoms with Crippen molar-refractivity contribution in [2.24, 2.45) is 0 Å². The number of aromatic nitrogens is 2. The minimum Gasteiger partial charge on any atom is -0.542 e. The van der Waals surface area contributed by atoms with Crippen LogP contribution in [0.1, 0.15) is 5.82 Å². The van der Waals surface area contributed by atoms with Crippen molar-refractivity contribution in [2.75, 3.05) is 0 Å². The maximum Gasteiger partial charge on any atom is 0.430 e. The lowest BCUT2D eigenvalue weighted by molar-refractivity contribution is -0.385. The molecule has 0 aliphatic carbocycles. The molecular formula is C6H7F3N2O2. The van der Waals surface area contributed by atoms with Gasteiger partial charge in [0, 0.05) is 6.92 Å². The fraction of sp³-hybridized carbons (Fsp3) is 0.333. The number of aromatic amines is 2. The van der Waals surface area contributed by atoms with Crippen LogP contribution in [-0.4, -0.2) is 17.1 Å². The number of alkyl halides is 3. The fourth-order valence-corrected chi connectivity index (χ4v) is 0.375. The molecular weight excluding hydrogens is 189 g/mol. The van der Waals surface area contributed by atoms with E-state index < -0.39 is 12.1 Å². The predicted molar refractivity (Wildman–Crippen MR) is 33.1 cm³/mol. The van der Waals surface area contributed by atoms with Crippen LogP contribution in [-0.2, 0) is 4.79 Å². The Hall–Kier alpha value is -1.53. The Labute approximate surface area is 71.4 Å². The van der Waals surface area contributed by atoms with Gasteiger partial charge in [-0.25, -0.2) is 9.97 Å². The summed E-state index contributed by atoms with van der Waals surface area (Å²) in [5.41, 5.74) is 0. The van der Waals surface area contributed by atoms with Gasteiger partial charge in [-0.05, 0) is 0 Å². The monoisotopic (exact) mass is 196 g/mol. The van der Waals surface area contributed by atoms with Crippen molar-refractivity contribution in [3.05, 3.63) is 18.2 Å². The maximum absolute atomic E-state index is 10.5. The number of hydrogen-bond donors (Lipinski definition) is 1. The summed E-state index contributed by atoms with van der Waals surface area (Å²) in [5, 5.41) is 8.78. The van der Waals surface area contributed by atoms with Gasteiger partial charge in [-0.3, -0.25) is 0 Å². The van der Waals surface area contributed by atoms with E-state index in [1.165, 1.54) is 0 Å². The summed E-state index contributed by atoms with van der Waals surface area (Å²) in [7, 11) is 0. The van der Waals surface area contributed by atoms with Crippen molar-refractivity contribution in [2.45, 2.75) is 13.1 Å². The zero-order valence-corrected chi connectivity index (χ0v) is 6.61. The smallest absolute Gasteiger partial charge is 0.430 e. The molecule has 4 nitrogen and oxygen atoms in total. The molecule has 0 amide bonds. The van der Waals surface area contributed by atoms with Gasteiger partial charge in [-0.2, -0.15) is 13.2 Å². The molecule has 0 saturated heterocycles. The van der Waals surface area contributed by atoms with Crippen LogP contribution in [0.15, 0.2) is 12.4 Å². The van der Waals surface area contributed by atoms with Gasteiger partial charge in [0.25, 0.3) is 0 Å². The number of hydrogen-bond acceptors (Lipinski definition) is 2. The van der Waals surface area contributed by atoms with E-state index in [1.54, 1.807) is 0 Å². The van der Waals surface area contributed by atoms with E-state index >= 15 is 0 Å². The highest BCUT2D eigenvalue weighted by Gasteiger charge is 2.28. The number of imidazole rings is 1. The van der Waals surface area contributed by atoms with Crippen molar-refractivity contribution in [3.8, 4) is 0 Å². The molecule has 74 valence electrons. The van der Waals surface area contributed by atoms with Gasteiger partial charge < -0.3 is 9.90 Å². The second-order valence-corrected chi connectivity index (χ2v) is 2.03. The molecule has 0 aliphatic heterocycles. The quantitative estimate of drug-likeness (QED) is 0.604. The summed E-state index contributed by atoms with van der Waals surface area (Å²) < 4.78 is 31.5. The van der Waals surface area contributed by atoms with Gasteiger partial charge in [0.15, 0.2) is 0 Å². The number of carboxylic acids is 1. The van der Waals surface area contributed by atoms with E-state index in [-0.39, 0.29) is 0 Å². The second-order valence-electron chi connectivity index (χ2n) is 2.03. The van der Waals surface area contributed by atoms with Gasteiger partial charge in [0.2, 0.25) is 5.82 Å². The van der Waals surface area contributed by atoms with Gasteiger partial charge in [0.1, 0.15) is 18.4 Å². The minimum absolute atomic E-state index is 1.09.